The van der Waals surface area contributed by atoms with E-state index in [4.69, 9.17) is 0 Å². The standard InChI is InChI=1S/C70H45NS/c1-3-17-49(18-4-1)68-64-26-10-9-24-60(64)62-43-37-51(45-66(62)69(68)50-19-5-2-6-20-50)46-32-38-53(39-33-46)71(55-22-13-21-52(44-55)58-28-15-30-65-63-25-11-12-31-67(63)72-70(58)65)54-40-34-48(35-41-54)57-27-14-29-59-56-23-8-7-16-47(56)36-42-61(57)59/h1-45H. The van der Waals surface area contributed by atoms with Crippen LogP contribution >= 0.6 is 11.3 Å². The highest BCUT2D eigenvalue weighted by molar-refractivity contribution is 7.26. The summed E-state index contributed by atoms with van der Waals surface area (Å²) in [6, 6.07) is 100. The highest BCUT2D eigenvalue weighted by Gasteiger charge is 2.20. The number of hydrogen-bond donors (Lipinski definition) is 0. The van der Waals surface area contributed by atoms with Crippen LogP contribution < -0.4 is 4.90 Å². The van der Waals surface area contributed by atoms with Gasteiger partial charge in [-0.25, -0.2) is 0 Å². The second kappa shape index (κ2) is 17.4. The molecule has 0 spiro atoms. The number of benzene rings is 13. The van der Waals surface area contributed by atoms with Crippen molar-refractivity contribution in [2.24, 2.45) is 0 Å². The van der Waals surface area contributed by atoms with Crippen LogP contribution in [-0.4, -0.2) is 0 Å². The van der Waals surface area contributed by atoms with Gasteiger partial charge in [0, 0.05) is 37.2 Å². The van der Waals surface area contributed by atoms with Crippen LogP contribution in [0.2, 0.25) is 0 Å². The third kappa shape index (κ3) is 7.07. The average molecular weight is 932 g/mol. The van der Waals surface area contributed by atoms with E-state index in [9.17, 15) is 0 Å². The fourth-order valence-corrected chi connectivity index (χ4v) is 12.5. The molecule has 1 nitrogen and oxygen atoms in total. The van der Waals surface area contributed by atoms with E-state index in [1.165, 1.54) is 113 Å². The molecular formula is C70H45NS. The first kappa shape index (κ1) is 41.9. The molecule has 2 heteroatoms. The van der Waals surface area contributed by atoms with Crippen molar-refractivity contribution in [1.82, 2.24) is 0 Å². The van der Waals surface area contributed by atoms with Gasteiger partial charge < -0.3 is 4.90 Å². The third-order valence-electron chi connectivity index (χ3n) is 14.7. The molecule has 336 valence electrons. The Labute approximate surface area is 422 Å². The van der Waals surface area contributed by atoms with Gasteiger partial charge in [0.15, 0.2) is 0 Å². The number of nitrogens with zero attached hydrogens (tertiary/aromatic N) is 1. The fraction of sp³-hybridized carbons (Fsp3) is 0. The van der Waals surface area contributed by atoms with Crippen molar-refractivity contribution < 1.29 is 0 Å². The Balaban J connectivity index is 0.907. The van der Waals surface area contributed by atoms with Crippen molar-refractivity contribution in [2.75, 3.05) is 4.90 Å². The minimum atomic E-state index is 1.09. The Morgan fingerprint density at radius 3 is 1.50 bits per heavy atom. The third-order valence-corrected chi connectivity index (χ3v) is 15.9. The van der Waals surface area contributed by atoms with Crippen molar-refractivity contribution in [3.8, 4) is 55.6 Å². The topological polar surface area (TPSA) is 3.24 Å². The van der Waals surface area contributed by atoms with Crippen LogP contribution in [0.4, 0.5) is 17.1 Å². The summed E-state index contributed by atoms with van der Waals surface area (Å²) in [5.74, 6) is 0. The van der Waals surface area contributed by atoms with Crippen LogP contribution in [0, 0.1) is 0 Å². The van der Waals surface area contributed by atoms with Gasteiger partial charge in [-0.2, -0.15) is 0 Å². The van der Waals surface area contributed by atoms with Crippen LogP contribution in [0.25, 0.3) is 119 Å². The molecule has 14 aromatic rings. The average Bonchev–Trinajstić information content (AvgIpc) is 3.84. The molecule has 0 aliphatic rings. The highest BCUT2D eigenvalue weighted by Crippen LogP contribution is 2.47. The van der Waals surface area contributed by atoms with Crippen molar-refractivity contribution in [2.45, 2.75) is 0 Å². The molecule has 0 saturated carbocycles. The van der Waals surface area contributed by atoms with Crippen LogP contribution in [0.15, 0.2) is 273 Å². The van der Waals surface area contributed by atoms with Crippen LogP contribution in [0.3, 0.4) is 0 Å². The normalized spacial score (nSPS) is 11.6. The molecule has 0 amide bonds. The molecule has 13 aromatic carbocycles. The van der Waals surface area contributed by atoms with Gasteiger partial charge in [0.1, 0.15) is 0 Å². The lowest BCUT2D eigenvalue weighted by Crippen LogP contribution is -2.10. The van der Waals surface area contributed by atoms with Crippen LogP contribution in [0.5, 0.6) is 0 Å². The lowest BCUT2D eigenvalue weighted by molar-refractivity contribution is 1.28. The number of anilines is 3. The minimum Gasteiger partial charge on any atom is -0.310 e. The molecule has 0 aliphatic carbocycles. The van der Waals surface area contributed by atoms with Crippen molar-refractivity contribution >= 4 is 91.7 Å². The molecule has 0 fully saturated rings. The van der Waals surface area contributed by atoms with Crippen molar-refractivity contribution in [3.05, 3.63) is 273 Å². The molecule has 14 rings (SSSR count). The number of hydrogen-bond acceptors (Lipinski definition) is 2. The monoisotopic (exact) mass is 931 g/mol. The van der Waals surface area contributed by atoms with Gasteiger partial charge in [-0.3, -0.25) is 0 Å². The minimum absolute atomic E-state index is 1.09. The van der Waals surface area contributed by atoms with E-state index < -0.39 is 0 Å². The summed E-state index contributed by atoms with van der Waals surface area (Å²) in [5.41, 5.74) is 15.4. The van der Waals surface area contributed by atoms with E-state index in [-0.39, 0.29) is 0 Å². The lowest BCUT2D eigenvalue weighted by Gasteiger charge is -2.26. The second-order valence-corrected chi connectivity index (χ2v) is 19.8. The second-order valence-electron chi connectivity index (χ2n) is 18.7. The zero-order valence-corrected chi connectivity index (χ0v) is 40.2. The largest absolute Gasteiger partial charge is 0.310 e. The molecule has 0 bridgehead atoms. The van der Waals surface area contributed by atoms with Gasteiger partial charge in [0.05, 0.1) is 0 Å². The number of fused-ring (bicyclic) bond motifs is 9. The summed E-state index contributed by atoms with van der Waals surface area (Å²) in [5, 5.41) is 12.7. The predicted octanol–water partition coefficient (Wildman–Crippen LogP) is 20.5. The van der Waals surface area contributed by atoms with E-state index in [2.05, 4.69) is 278 Å². The first-order chi connectivity index (χ1) is 35.7. The van der Waals surface area contributed by atoms with Gasteiger partial charge in [0.25, 0.3) is 0 Å². The predicted molar refractivity (Wildman–Crippen MR) is 311 cm³/mol. The Kier molecular flexibility index (Phi) is 10.1. The van der Waals surface area contributed by atoms with Crippen molar-refractivity contribution in [1.29, 1.82) is 0 Å². The molecule has 72 heavy (non-hydrogen) atoms. The molecule has 0 unspecified atom stereocenters. The quantitative estimate of drug-likeness (QED) is 0.137. The lowest BCUT2D eigenvalue weighted by atomic mass is 9.84. The summed E-state index contributed by atoms with van der Waals surface area (Å²) in [4.78, 5) is 2.41. The Morgan fingerprint density at radius 2 is 0.750 bits per heavy atom. The van der Waals surface area contributed by atoms with Crippen LogP contribution in [0.1, 0.15) is 0 Å². The zero-order chi connectivity index (χ0) is 47.5. The first-order valence-corrected chi connectivity index (χ1v) is 25.5. The van der Waals surface area contributed by atoms with Gasteiger partial charge >= 0.3 is 0 Å². The maximum absolute atomic E-state index is 2.41. The summed E-state index contributed by atoms with van der Waals surface area (Å²) in [7, 11) is 0. The maximum atomic E-state index is 2.41. The van der Waals surface area contributed by atoms with Gasteiger partial charge in [-0.1, -0.05) is 224 Å². The molecule has 0 saturated heterocycles. The summed E-state index contributed by atoms with van der Waals surface area (Å²) < 4.78 is 2.62. The number of thiophene rings is 1. The van der Waals surface area contributed by atoms with Gasteiger partial charge in [-0.05, 0) is 147 Å². The Bertz CT molecular complexity index is 4360. The van der Waals surface area contributed by atoms with Crippen molar-refractivity contribution in [3.63, 3.8) is 0 Å². The summed E-state index contributed by atoms with van der Waals surface area (Å²) >= 11 is 1.88. The molecule has 1 heterocycles. The first-order valence-electron chi connectivity index (χ1n) is 24.7. The van der Waals surface area contributed by atoms with E-state index in [1.54, 1.807) is 0 Å². The molecular weight excluding hydrogens is 887 g/mol. The molecule has 0 radical (unpaired) electrons. The molecule has 0 aliphatic heterocycles. The summed E-state index contributed by atoms with van der Waals surface area (Å²) in [6.07, 6.45) is 0. The highest BCUT2D eigenvalue weighted by atomic mass is 32.1. The van der Waals surface area contributed by atoms with E-state index in [0.29, 0.717) is 0 Å². The number of rotatable bonds is 8. The zero-order valence-electron chi connectivity index (χ0n) is 39.3. The smallest absolute Gasteiger partial charge is 0.0467 e. The molecule has 0 N–H and O–H groups in total. The molecule has 1 aromatic heterocycles. The maximum Gasteiger partial charge on any atom is 0.0467 e. The SMILES string of the molecule is c1ccc(-c2c(-c3ccccc3)c3cc(-c4ccc(N(c5ccc(-c6cccc7c6ccc6ccccc67)cc5)c5cccc(-c6cccc7c6sc6ccccc67)c5)cc4)ccc3c3ccccc23)cc1. The molecule has 0 atom stereocenters. The van der Waals surface area contributed by atoms with E-state index in [1.807, 2.05) is 11.3 Å². The summed E-state index contributed by atoms with van der Waals surface area (Å²) in [6.45, 7) is 0. The Hall–Kier alpha value is -9.08. The van der Waals surface area contributed by atoms with E-state index >= 15 is 0 Å². The van der Waals surface area contributed by atoms with Gasteiger partial charge in [0.2, 0.25) is 0 Å². The van der Waals surface area contributed by atoms with Gasteiger partial charge in [-0.15, -0.1) is 11.3 Å². The fourth-order valence-electron chi connectivity index (χ4n) is 11.3. The Morgan fingerprint density at radius 1 is 0.236 bits per heavy atom. The van der Waals surface area contributed by atoms with Crippen LogP contribution in [-0.2, 0) is 0 Å². The van der Waals surface area contributed by atoms with E-state index in [0.717, 1.165) is 22.6 Å².